The lowest BCUT2D eigenvalue weighted by Gasteiger charge is -2.14. The molecule has 0 heterocycles. The van der Waals surface area contributed by atoms with Crippen LogP contribution in [-0.2, 0) is 0 Å². The first-order chi connectivity index (χ1) is 6.66. The number of hydrogen-bond donors (Lipinski definition) is 0. The van der Waals surface area contributed by atoms with Crippen molar-refractivity contribution < 1.29 is 4.79 Å². The molecular weight excluding hydrogens is 172 g/mol. The minimum atomic E-state index is -0.0719. The van der Waals surface area contributed by atoms with E-state index in [2.05, 4.69) is 6.58 Å². The highest BCUT2D eigenvalue weighted by Crippen LogP contribution is 2.17. The van der Waals surface area contributed by atoms with Crippen LogP contribution in [0.4, 0.5) is 0 Å². The Morgan fingerprint density at radius 1 is 1.29 bits per heavy atom. The molecule has 14 heavy (non-hydrogen) atoms. The Bertz CT molecular complexity index is 311. The maximum atomic E-state index is 11.9. The molecule has 0 amide bonds. The van der Waals surface area contributed by atoms with Crippen molar-refractivity contribution in [2.45, 2.75) is 13.8 Å². The lowest BCUT2D eigenvalue weighted by molar-refractivity contribution is 0.0920. The number of ketones is 1. The van der Waals surface area contributed by atoms with Crippen LogP contribution in [0.5, 0.6) is 0 Å². The first kappa shape index (κ1) is 10.7. The largest absolute Gasteiger partial charge is 0.294 e. The second kappa shape index (κ2) is 4.75. The van der Waals surface area contributed by atoms with Gasteiger partial charge < -0.3 is 0 Å². The highest BCUT2D eigenvalue weighted by atomic mass is 16.1. The number of hydrogen-bond acceptors (Lipinski definition) is 1. The molecule has 0 bridgehead atoms. The summed E-state index contributed by atoms with van der Waals surface area (Å²) in [6, 6.07) is 9.37. The van der Waals surface area contributed by atoms with Gasteiger partial charge in [0.05, 0.1) is 0 Å². The molecular formula is C13H16O. The molecule has 74 valence electrons. The highest BCUT2D eigenvalue weighted by molar-refractivity contribution is 5.98. The fourth-order valence-corrected chi connectivity index (χ4v) is 1.48. The lowest BCUT2D eigenvalue weighted by Crippen LogP contribution is -2.17. The van der Waals surface area contributed by atoms with Gasteiger partial charge in [-0.2, -0.15) is 0 Å². The average molecular weight is 188 g/mol. The van der Waals surface area contributed by atoms with E-state index in [-0.39, 0.29) is 11.7 Å². The summed E-state index contributed by atoms with van der Waals surface area (Å²) in [5.74, 6) is 0.396. The van der Waals surface area contributed by atoms with Crippen LogP contribution in [0.2, 0.25) is 0 Å². The number of allylic oxidation sites excluding steroid dienone is 1. The summed E-state index contributed by atoms with van der Waals surface area (Å²) in [7, 11) is 0. The highest BCUT2D eigenvalue weighted by Gasteiger charge is 2.19. The molecule has 0 aliphatic rings. The lowest BCUT2D eigenvalue weighted by atomic mass is 9.88. The zero-order valence-corrected chi connectivity index (χ0v) is 8.73. The van der Waals surface area contributed by atoms with Crippen LogP contribution in [0.25, 0.3) is 0 Å². The van der Waals surface area contributed by atoms with E-state index in [0.717, 1.165) is 5.56 Å². The molecule has 0 saturated heterocycles. The van der Waals surface area contributed by atoms with Gasteiger partial charge in [-0.25, -0.2) is 0 Å². The first-order valence-electron chi connectivity index (χ1n) is 4.88. The van der Waals surface area contributed by atoms with E-state index < -0.39 is 0 Å². The average Bonchev–Trinajstić information content (AvgIpc) is 2.19. The Morgan fingerprint density at radius 2 is 1.86 bits per heavy atom. The number of Topliss-reactive ketones (excluding diaryl/α,β-unsaturated/α-hetero) is 1. The van der Waals surface area contributed by atoms with Crippen LogP contribution in [0.15, 0.2) is 43.0 Å². The van der Waals surface area contributed by atoms with Gasteiger partial charge in [0.15, 0.2) is 5.78 Å². The Kier molecular flexibility index (Phi) is 3.63. The molecule has 0 aliphatic carbocycles. The molecule has 1 unspecified atom stereocenters. The van der Waals surface area contributed by atoms with E-state index in [0.29, 0.717) is 5.92 Å². The van der Waals surface area contributed by atoms with Crippen LogP contribution in [0.3, 0.4) is 0 Å². The van der Waals surface area contributed by atoms with Gasteiger partial charge >= 0.3 is 0 Å². The molecule has 0 spiro atoms. The quantitative estimate of drug-likeness (QED) is 0.523. The molecule has 1 aromatic rings. The number of carbonyl (C=O) groups excluding carboxylic acids is 1. The predicted molar refractivity (Wildman–Crippen MR) is 59.3 cm³/mol. The van der Waals surface area contributed by atoms with E-state index in [1.165, 1.54) is 0 Å². The third-order valence-electron chi connectivity index (χ3n) is 2.33. The zero-order valence-electron chi connectivity index (χ0n) is 8.73. The third-order valence-corrected chi connectivity index (χ3v) is 2.33. The summed E-state index contributed by atoms with van der Waals surface area (Å²) in [5.41, 5.74) is 0.770. The first-order valence-corrected chi connectivity index (χ1v) is 4.88. The molecule has 1 nitrogen and oxygen atoms in total. The van der Waals surface area contributed by atoms with Crippen molar-refractivity contribution in [1.29, 1.82) is 0 Å². The molecule has 0 radical (unpaired) electrons. The number of carbonyl (C=O) groups is 1. The smallest absolute Gasteiger partial charge is 0.169 e. The zero-order chi connectivity index (χ0) is 10.6. The Morgan fingerprint density at radius 3 is 2.29 bits per heavy atom. The van der Waals surface area contributed by atoms with Crippen molar-refractivity contribution in [3.63, 3.8) is 0 Å². The number of rotatable bonds is 4. The Hall–Kier alpha value is -1.37. The Balaban J connectivity index is 2.89. The summed E-state index contributed by atoms with van der Waals surface area (Å²) < 4.78 is 0. The van der Waals surface area contributed by atoms with Gasteiger partial charge in [0, 0.05) is 11.5 Å². The molecule has 1 heteroatoms. The van der Waals surface area contributed by atoms with E-state index >= 15 is 0 Å². The molecule has 0 saturated carbocycles. The third kappa shape index (κ3) is 2.32. The van der Waals surface area contributed by atoms with Crippen molar-refractivity contribution in [3.05, 3.63) is 48.6 Å². The van der Waals surface area contributed by atoms with Crippen molar-refractivity contribution in [2.24, 2.45) is 11.8 Å². The van der Waals surface area contributed by atoms with Crippen LogP contribution in [-0.4, -0.2) is 5.78 Å². The van der Waals surface area contributed by atoms with Gasteiger partial charge in [0.1, 0.15) is 0 Å². The van der Waals surface area contributed by atoms with E-state index in [1.807, 2.05) is 44.2 Å². The summed E-state index contributed by atoms with van der Waals surface area (Å²) >= 11 is 0. The maximum absolute atomic E-state index is 11.9. The van der Waals surface area contributed by atoms with Crippen molar-refractivity contribution >= 4 is 5.78 Å². The van der Waals surface area contributed by atoms with Crippen molar-refractivity contribution in [1.82, 2.24) is 0 Å². The second-order valence-electron chi connectivity index (χ2n) is 3.74. The van der Waals surface area contributed by atoms with Gasteiger partial charge in [-0.3, -0.25) is 4.79 Å². The van der Waals surface area contributed by atoms with Gasteiger partial charge in [0.2, 0.25) is 0 Å². The summed E-state index contributed by atoms with van der Waals surface area (Å²) in [4.78, 5) is 11.9. The van der Waals surface area contributed by atoms with Crippen LogP contribution in [0, 0.1) is 11.8 Å². The normalized spacial score (nSPS) is 12.5. The molecule has 0 N–H and O–H groups in total. The molecule has 0 aliphatic heterocycles. The molecule has 0 aromatic heterocycles. The standard InChI is InChI=1S/C13H16O/c1-4-12(10(2)3)13(14)11-8-6-5-7-9-11/h4-10,12H,1H2,2-3H3. The van der Waals surface area contributed by atoms with Crippen LogP contribution in [0.1, 0.15) is 24.2 Å². The van der Waals surface area contributed by atoms with E-state index in [1.54, 1.807) is 6.08 Å². The van der Waals surface area contributed by atoms with Crippen molar-refractivity contribution in [3.8, 4) is 0 Å². The fourth-order valence-electron chi connectivity index (χ4n) is 1.48. The molecule has 1 aromatic carbocycles. The molecule has 1 atom stereocenters. The van der Waals surface area contributed by atoms with E-state index in [4.69, 9.17) is 0 Å². The molecule has 0 fully saturated rings. The van der Waals surface area contributed by atoms with Gasteiger partial charge in [-0.1, -0.05) is 50.3 Å². The Labute approximate surface area is 85.5 Å². The van der Waals surface area contributed by atoms with Gasteiger partial charge in [-0.05, 0) is 5.92 Å². The van der Waals surface area contributed by atoms with E-state index in [9.17, 15) is 4.79 Å². The van der Waals surface area contributed by atoms with Crippen molar-refractivity contribution in [2.75, 3.05) is 0 Å². The van der Waals surface area contributed by atoms with Gasteiger partial charge in [0.25, 0.3) is 0 Å². The molecule has 1 rings (SSSR count). The SMILES string of the molecule is C=CC(C(=O)c1ccccc1)C(C)C. The minimum Gasteiger partial charge on any atom is -0.294 e. The van der Waals surface area contributed by atoms with Crippen LogP contribution >= 0.6 is 0 Å². The van der Waals surface area contributed by atoms with Gasteiger partial charge in [-0.15, -0.1) is 6.58 Å². The fraction of sp³-hybridized carbons (Fsp3) is 0.308. The summed E-state index contributed by atoms with van der Waals surface area (Å²) in [6.45, 7) is 7.78. The predicted octanol–water partition coefficient (Wildman–Crippen LogP) is 3.33. The van der Waals surface area contributed by atoms with Crippen LogP contribution < -0.4 is 0 Å². The number of benzene rings is 1. The minimum absolute atomic E-state index is 0.0719. The monoisotopic (exact) mass is 188 g/mol. The summed E-state index contributed by atoms with van der Waals surface area (Å²) in [6.07, 6.45) is 1.74. The maximum Gasteiger partial charge on any atom is 0.169 e. The summed E-state index contributed by atoms with van der Waals surface area (Å²) in [5, 5.41) is 0. The second-order valence-corrected chi connectivity index (χ2v) is 3.74. The topological polar surface area (TPSA) is 17.1 Å².